The van der Waals surface area contributed by atoms with Gasteiger partial charge in [0.25, 0.3) is 0 Å². The number of nitrogens with zero attached hydrogens (tertiary/aromatic N) is 1. The number of rotatable bonds is 7. The normalized spacial score (nSPS) is 20.8. The van der Waals surface area contributed by atoms with Gasteiger partial charge >= 0.3 is 0 Å². The lowest BCUT2D eigenvalue weighted by Crippen LogP contribution is -2.60. The first-order valence-electron chi connectivity index (χ1n) is 11.7. The molecule has 2 N–H and O–H groups in total. The molecule has 0 radical (unpaired) electrons. The van der Waals surface area contributed by atoms with E-state index in [1.165, 1.54) is 12.1 Å². The van der Waals surface area contributed by atoms with Crippen molar-refractivity contribution < 1.29 is 19.1 Å². The molecule has 184 valence electrons. The highest BCUT2D eigenvalue weighted by Gasteiger charge is 2.50. The van der Waals surface area contributed by atoms with Crippen molar-refractivity contribution in [2.45, 2.75) is 58.6 Å². The van der Waals surface area contributed by atoms with Gasteiger partial charge in [0.1, 0.15) is 11.9 Å². The van der Waals surface area contributed by atoms with Crippen molar-refractivity contribution in [1.29, 1.82) is 0 Å². The van der Waals surface area contributed by atoms with Crippen LogP contribution in [0.1, 0.15) is 51.7 Å². The molecule has 3 rings (SSSR count). The zero-order chi connectivity index (χ0) is 25.1. The predicted octanol–water partition coefficient (Wildman–Crippen LogP) is 4.65. The molecule has 0 saturated carbocycles. The third kappa shape index (κ3) is 5.97. The standard InChI is InChI=1S/C27H34FIN2O3/c1-18(2)24(30-23(32)14-7-19-5-10-21(28)11-6-19)25(33)31-16-15-27(34,26(3,4)17-31)20-8-12-22(29)13-9-20/h5-6,8-13,18,24,34H,7,14-17H2,1-4H3,(H,30,32)/t24-,27+/m1/s1. The van der Waals surface area contributed by atoms with Gasteiger partial charge in [-0.15, -0.1) is 0 Å². The second kappa shape index (κ2) is 10.7. The number of aryl methyl sites for hydroxylation is 1. The van der Waals surface area contributed by atoms with Gasteiger partial charge in [-0.2, -0.15) is 0 Å². The first-order chi connectivity index (χ1) is 15.9. The van der Waals surface area contributed by atoms with Crippen LogP contribution in [-0.4, -0.2) is 41.0 Å². The molecule has 1 saturated heterocycles. The van der Waals surface area contributed by atoms with Crippen molar-refractivity contribution >= 4 is 34.4 Å². The number of carbonyl (C=O) groups is 2. The first kappa shape index (κ1) is 26.6. The summed E-state index contributed by atoms with van der Waals surface area (Å²) >= 11 is 2.24. The summed E-state index contributed by atoms with van der Waals surface area (Å²) in [6.07, 6.45) is 1.13. The van der Waals surface area contributed by atoms with E-state index < -0.39 is 17.1 Å². The fourth-order valence-electron chi connectivity index (χ4n) is 4.64. The summed E-state index contributed by atoms with van der Waals surface area (Å²) in [6.45, 7) is 8.61. The molecule has 2 aromatic carbocycles. The van der Waals surface area contributed by atoms with Crippen LogP contribution in [0.5, 0.6) is 0 Å². The molecule has 0 aliphatic carbocycles. The summed E-state index contributed by atoms with van der Waals surface area (Å²) in [4.78, 5) is 27.9. The minimum absolute atomic E-state index is 0.0811. The molecule has 2 atom stereocenters. The molecule has 2 aromatic rings. The molecule has 1 fully saturated rings. The lowest BCUT2D eigenvalue weighted by Gasteiger charge is -2.51. The van der Waals surface area contributed by atoms with E-state index in [4.69, 9.17) is 0 Å². The molecule has 1 heterocycles. The van der Waals surface area contributed by atoms with E-state index in [9.17, 15) is 19.1 Å². The Hall–Kier alpha value is -2.00. The van der Waals surface area contributed by atoms with E-state index in [-0.39, 0.29) is 30.0 Å². The maximum absolute atomic E-state index is 13.5. The Morgan fingerprint density at radius 3 is 2.29 bits per heavy atom. The van der Waals surface area contributed by atoms with Gasteiger partial charge in [-0.25, -0.2) is 4.39 Å². The van der Waals surface area contributed by atoms with Crippen LogP contribution >= 0.6 is 22.6 Å². The maximum atomic E-state index is 13.5. The Morgan fingerprint density at radius 2 is 1.74 bits per heavy atom. The number of benzene rings is 2. The Labute approximate surface area is 215 Å². The van der Waals surface area contributed by atoms with Crippen LogP contribution < -0.4 is 5.32 Å². The Balaban J connectivity index is 1.65. The number of likely N-dealkylation sites (tertiary alicyclic amines) is 1. The monoisotopic (exact) mass is 580 g/mol. The number of amides is 2. The van der Waals surface area contributed by atoms with Gasteiger partial charge in [0.15, 0.2) is 0 Å². The Kier molecular flexibility index (Phi) is 8.39. The van der Waals surface area contributed by atoms with E-state index in [0.717, 1.165) is 14.7 Å². The number of hydrogen-bond donors (Lipinski definition) is 2. The highest BCUT2D eigenvalue weighted by atomic mass is 127. The van der Waals surface area contributed by atoms with Gasteiger partial charge in [0.2, 0.25) is 11.8 Å². The van der Waals surface area contributed by atoms with Crippen molar-refractivity contribution in [1.82, 2.24) is 10.2 Å². The molecule has 7 heteroatoms. The third-order valence-electron chi connectivity index (χ3n) is 6.89. The second-order valence-electron chi connectivity index (χ2n) is 10.2. The van der Waals surface area contributed by atoms with Gasteiger partial charge in [-0.3, -0.25) is 9.59 Å². The molecule has 34 heavy (non-hydrogen) atoms. The fourth-order valence-corrected chi connectivity index (χ4v) is 5.00. The van der Waals surface area contributed by atoms with Crippen molar-refractivity contribution in [2.24, 2.45) is 11.3 Å². The average molecular weight is 580 g/mol. The van der Waals surface area contributed by atoms with Crippen LogP contribution in [0.2, 0.25) is 0 Å². The molecule has 2 amide bonds. The zero-order valence-electron chi connectivity index (χ0n) is 20.3. The van der Waals surface area contributed by atoms with Gasteiger partial charge < -0.3 is 15.3 Å². The van der Waals surface area contributed by atoms with Gasteiger partial charge in [-0.1, -0.05) is 52.0 Å². The highest BCUT2D eigenvalue weighted by molar-refractivity contribution is 14.1. The lowest BCUT2D eigenvalue weighted by molar-refractivity contribution is -0.156. The molecule has 1 aliphatic heterocycles. The van der Waals surface area contributed by atoms with Crippen LogP contribution in [0.4, 0.5) is 4.39 Å². The van der Waals surface area contributed by atoms with E-state index in [2.05, 4.69) is 27.9 Å². The Bertz CT molecular complexity index is 1010. The minimum atomic E-state index is -1.04. The largest absolute Gasteiger partial charge is 0.384 e. The quantitative estimate of drug-likeness (QED) is 0.469. The second-order valence-corrected chi connectivity index (χ2v) is 11.4. The van der Waals surface area contributed by atoms with Gasteiger partial charge in [0.05, 0.1) is 5.60 Å². The van der Waals surface area contributed by atoms with Gasteiger partial charge in [-0.05, 0) is 76.7 Å². The van der Waals surface area contributed by atoms with E-state index in [1.54, 1.807) is 17.0 Å². The molecule has 0 spiro atoms. The fraction of sp³-hybridized carbons (Fsp3) is 0.481. The summed E-state index contributed by atoms with van der Waals surface area (Å²) in [6, 6.07) is 13.3. The van der Waals surface area contributed by atoms with Crippen LogP contribution in [0.15, 0.2) is 48.5 Å². The molecule has 1 aliphatic rings. The molecule has 0 bridgehead atoms. The van der Waals surface area contributed by atoms with Crippen molar-refractivity contribution in [2.75, 3.05) is 13.1 Å². The van der Waals surface area contributed by atoms with E-state index in [0.29, 0.717) is 25.9 Å². The number of nitrogens with one attached hydrogen (secondary N) is 1. The number of hydrogen-bond acceptors (Lipinski definition) is 3. The third-order valence-corrected chi connectivity index (χ3v) is 7.61. The summed E-state index contributed by atoms with van der Waals surface area (Å²) in [5.74, 6) is -0.717. The van der Waals surface area contributed by atoms with Crippen LogP contribution in [0.25, 0.3) is 0 Å². The van der Waals surface area contributed by atoms with Crippen molar-refractivity contribution in [3.05, 3.63) is 69.0 Å². The number of carbonyl (C=O) groups excluding carboxylic acids is 2. The average Bonchev–Trinajstić information content (AvgIpc) is 2.78. The molecule has 5 nitrogen and oxygen atoms in total. The maximum Gasteiger partial charge on any atom is 0.245 e. The van der Waals surface area contributed by atoms with Crippen molar-refractivity contribution in [3.63, 3.8) is 0 Å². The predicted molar refractivity (Wildman–Crippen MR) is 140 cm³/mol. The SMILES string of the molecule is CC(C)[C@@H](NC(=O)CCc1ccc(F)cc1)C(=O)N1CC[C@](O)(c2ccc(I)cc2)C(C)(C)C1. The van der Waals surface area contributed by atoms with Crippen molar-refractivity contribution in [3.8, 4) is 0 Å². The Morgan fingerprint density at radius 1 is 1.12 bits per heavy atom. The smallest absolute Gasteiger partial charge is 0.245 e. The molecular formula is C27H34FIN2O3. The van der Waals surface area contributed by atoms with Gasteiger partial charge in [0, 0.05) is 28.5 Å². The summed E-state index contributed by atoms with van der Waals surface area (Å²) in [5, 5.41) is 14.5. The molecular weight excluding hydrogens is 546 g/mol. The van der Waals surface area contributed by atoms with Crippen LogP contribution in [0.3, 0.4) is 0 Å². The summed E-state index contributed by atoms with van der Waals surface area (Å²) in [7, 11) is 0. The van der Waals surface area contributed by atoms with Crippen LogP contribution in [-0.2, 0) is 21.6 Å². The highest BCUT2D eigenvalue weighted by Crippen LogP contribution is 2.46. The summed E-state index contributed by atoms with van der Waals surface area (Å²) < 4.78 is 14.2. The minimum Gasteiger partial charge on any atom is -0.384 e. The summed E-state index contributed by atoms with van der Waals surface area (Å²) in [5.41, 5.74) is 0.123. The zero-order valence-corrected chi connectivity index (χ0v) is 22.4. The topological polar surface area (TPSA) is 69.6 Å². The van der Waals surface area contributed by atoms with E-state index >= 15 is 0 Å². The van der Waals surface area contributed by atoms with E-state index in [1.807, 2.05) is 52.0 Å². The number of halogens is 2. The number of aliphatic hydroxyl groups is 1. The molecule has 0 unspecified atom stereocenters. The molecule has 0 aromatic heterocycles. The first-order valence-corrected chi connectivity index (χ1v) is 12.8. The number of piperidine rings is 1. The lowest BCUT2D eigenvalue weighted by atomic mass is 9.66. The van der Waals surface area contributed by atoms with Crippen LogP contribution in [0, 0.1) is 20.7 Å².